The second-order valence-electron chi connectivity index (χ2n) is 7.48. The van der Waals surface area contributed by atoms with Crippen LogP contribution in [0.15, 0.2) is 24.3 Å². The zero-order valence-corrected chi connectivity index (χ0v) is 14.7. The van der Waals surface area contributed by atoms with E-state index < -0.39 is 17.6 Å². The molecule has 0 saturated heterocycles. The van der Waals surface area contributed by atoms with Gasteiger partial charge < -0.3 is 20.6 Å². The van der Waals surface area contributed by atoms with Gasteiger partial charge in [0.25, 0.3) is 5.91 Å². The average molecular weight is 335 g/mol. The van der Waals surface area contributed by atoms with Crippen molar-refractivity contribution in [2.24, 2.45) is 17.8 Å². The van der Waals surface area contributed by atoms with E-state index in [4.69, 9.17) is 0 Å². The molecular weight excluding hydrogens is 306 g/mol. The van der Waals surface area contributed by atoms with Gasteiger partial charge in [0.1, 0.15) is 11.4 Å². The first-order valence-electron chi connectivity index (χ1n) is 8.71. The Morgan fingerprint density at radius 1 is 1.38 bits per heavy atom. The molecule has 2 rings (SSSR count). The highest BCUT2D eigenvalue weighted by Crippen LogP contribution is 2.41. The lowest BCUT2D eigenvalue weighted by molar-refractivity contribution is -0.156. The molecule has 0 spiro atoms. The Morgan fingerprint density at radius 3 is 2.71 bits per heavy atom. The first kappa shape index (κ1) is 18.7. The van der Waals surface area contributed by atoms with Crippen molar-refractivity contribution in [1.29, 1.82) is 0 Å². The van der Waals surface area contributed by atoms with Crippen LogP contribution in [0.5, 0.6) is 5.75 Å². The van der Waals surface area contributed by atoms with Gasteiger partial charge in [0.15, 0.2) is 0 Å². The number of phenols is 1. The first-order valence-corrected chi connectivity index (χ1v) is 8.71. The molecule has 5 heteroatoms. The molecule has 0 aromatic heterocycles. The number of hydrogen-bond donors (Lipinski definition) is 4. The van der Waals surface area contributed by atoms with E-state index in [9.17, 15) is 20.1 Å². The van der Waals surface area contributed by atoms with Crippen molar-refractivity contribution < 1.29 is 20.1 Å². The third kappa shape index (κ3) is 4.08. The molecule has 0 bridgehead atoms. The molecule has 1 saturated carbocycles. The summed E-state index contributed by atoms with van der Waals surface area (Å²) in [5.74, 6) is 0.0898. The monoisotopic (exact) mass is 335 g/mol. The molecule has 1 aromatic carbocycles. The summed E-state index contributed by atoms with van der Waals surface area (Å²) in [5, 5.41) is 33.4. The molecule has 5 nitrogen and oxygen atoms in total. The van der Waals surface area contributed by atoms with Gasteiger partial charge in [0.05, 0.1) is 6.10 Å². The summed E-state index contributed by atoms with van der Waals surface area (Å²) in [6.07, 6.45) is 1.37. The van der Waals surface area contributed by atoms with Crippen molar-refractivity contribution in [2.75, 3.05) is 6.54 Å². The van der Waals surface area contributed by atoms with Crippen LogP contribution in [0.3, 0.4) is 0 Å². The van der Waals surface area contributed by atoms with E-state index in [1.165, 1.54) is 12.1 Å². The molecule has 1 aromatic rings. The molecular formula is C19H29NO4. The molecule has 4 N–H and O–H groups in total. The van der Waals surface area contributed by atoms with E-state index in [2.05, 4.69) is 12.2 Å². The van der Waals surface area contributed by atoms with Gasteiger partial charge >= 0.3 is 0 Å². The van der Waals surface area contributed by atoms with E-state index in [0.717, 1.165) is 12.8 Å². The summed E-state index contributed by atoms with van der Waals surface area (Å²) in [6.45, 7) is 6.11. The molecule has 1 amide bonds. The molecule has 134 valence electrons. The van der Waals surface area contributed by atoms with Crippen molar-refractivity contribution in [3.8, 4) is 5.75 Å². The maximum Gasteiger partial charge on any atom is 0.252 e. The van der Waals surface area contributed by atoms with Gasteiger partial charge in [0, 0.05) is 6.54 Å². The molecule has 24 heavy (non-hydrogen) atoms. The average Bonchev–Trinajstić information content (AvgIpc) is 2.51. The van der Waals surface area contributed by atoms with Crippen LogP contribution in [0.1, 0.15) is 51.7 Å². The SMILES string of the molecule is CC1CCC(C(C)C)C(O)(C(=O)NCC(O)c2cccc(O)c2)C1. The Balaban J connectivity index is 2.04. The van der Waals surface area contributed by atoms with Gasteiger partial charge in [-0.05, 0) is 48.3 Å². The van der Waals surface area contributed by atoms with Gasteiger partial charge in [-0.3, -0.25) is 4.79 Å². The Hall–Kier alpha value is -1.59. The van der Waals surface area contributed by atoms with Crippen LogP contribution in [0.25, 0.3) is 0 Å². The summed E-state index contributed by atoms with van der Waals surface area (Å²) in [6, 6.07) is 6.31. The van der Waals surface area contributed by atoms with Crippen molar-refractivity contribution in [3.05, 3.63) is 29.8 Å². The summed E-state index contributed by atoms with van der Waals surface area (Å²) >= 11 is 0. The summed E-state index contributed by atoms with van der Waals surface area (Å²) in [5.41, 5.74) is -0.857. The number of phenolic OH excluding ortho intramolecular Hbond substituents is 1. The number of benzene rings is 1. The Labute approximate surface area is 143 Å². The number of nitrogens with one attached hydrogen (secondary N) is 1. The normalized spacial score (nSPS) is 28.6. The van der Waals surface area contributed by atoms with Crippen LogP contribution in [0.2, 0.25) is 0 Å². The third-order valence-electron chi connectivity index (χ3n) is 5.15. The largest absolute Gasteiger partial charge is 0.508 e. The predicted octanol–water partition coefficient (Wildman–Crippen LogP) is 2.37. The number of carbonyl (C=O) groups excluding carboxylic acids is 1. The van der Waals surface area contributed by atoms with Gasteiger partial charge in [-0.15, -0.1) is 0 Å². The van der Waals surface area contributed by atoms with E-state index in [1.807, 2.05) is 13.8 Å². The van der Waals surface area contributed by atoms with Gasteiger partial charge in [-0.2, -0.15) is 0 Å². The molecule has 1 aliphatic rings. The fraction of sp³-hybridized carbons (Fsp3) is 0.632. The lowest BCUT2D eigenvalue weighted by Crippen LogP contribution is -2.56. The van der Waals surface area contributed by atoms with Crippen LogP contribution in [-0.4, -0.2) is 33.4 Å². The predicted molar refractivity (Wildman–Crippen MR) is 92.4 cm³/mol. The van der Waals surface area contributed by atoms with E-state index in [0.29, 0.717) is 17.9 Å². The van der Waals surface area contributed by atoms with Gasteiger partial charge in [0.2, 0.25) is 0 Å². The number of aromatic hydroxyl groups is 1. The highest BCUT2D eigenvalue weighted by Gasteiger charge is 2.48. The van der Waals surface area contributed by atoms with Crippen molar-refractivity contribution in [1.82, 2.24) is 5.32 Å². The lowest BCUT2D eigenvalue weighted by Gasteiger charge is -2.43. The summed E-state index contributed by atoms with van der Waals surface area (Å²) in [4.78, 5) is 12.7. The maximum atomic E-state index is 12.7. The molecule has 1 fully saturated rings. The van der Waals surface area contributed by atoms with E-state index >= 15 is 0 Å². The fourth-order valence-corrected chi connectivity index (χ4v) is 3.83. The quantitative estimate of drug-likeness (QED) is 0.665. The maximum absolute atomic E-state index is 12.7. The summed E-state index contributed by atoms with van der Waals surface area (Å²) in [7, 11) is 0. The minimum atomic E-state index is -1.38. The molecule has 1 aliphatic carbocycles. The van der Waals surface area contributed by atoms with Crippen molar-refractivity contribution >= 4 is 5.91 Å². The standard InChI is InChI=1S/C19H29NO4/c1-12(2)16-8-7-13(3)10-19(16,24)18(23)20-11-17(22)14-5-4-6-15(21)9-14/h4-6,9,12-13,16-17,21-22,24H,7-8,10-11H2,1-3H3,(H,20,23). The number of aliphatic hydroxyl groups is 2. The Kier molecular flexibility index (Phi) is 5.88. The van der Waals surface area contributed by atoms with Crippen LogP contribution in [-0.2, 0) is 4.79 Å². The lowest BCUT2D eigenvalue weighted by atomic mass is 9.66. The third-order valence-corrected chi connectivity index (χ3v) is 5.15. The first-order chi connectivity index (χ1) is 11.2. The minimum Gasteiger partial charge on any atom is -0.508 e. The van der Waals surface area contributed by atoms with Crippen molar-refractivity contribution in [3.63, 3.8) is 0 Å². The zero-order valence-electron chi connectivity index (χ0n) is 14.7. The highest BCUT2D eigenvalue weighted by molar-refractivity contribution is 5.85. The molecule has 0 radical (unpaired) electrons. The summed E-state index contributed by atoms with van der Waals surface area (Å²) < 4.78 is 0. The van der Waals surface area contributed by atoms with Crippen molar-refractivity contribution in [2.45, 2.75) is 51.7 Å². The fourth-order valence-electron chi connectivity index (χ4n) is 3.83. The molecule has 4 unspecified atom stereocenters. The van der Waals surface area contributed by atoms with Crippen LogP contribution < -0.4 is 5.32 Å². The Morgan fingerprint density at radius 2 is 2.08 bits per heavy atom. The molecule has 4 atom stereocenters. The smallest absolute Gasteiger partial charge is 0.252 e. The highest BCUT2D eigenvalue weighted by atomic mass is 16.3. The zero-order chi connectivity index (χ0) is 17.9. The minimum absolute atomic E-state index is 0.00376. The number of carbonyl (C=O) groups is 1. The Bertz CT molecular complexity index is 574. The van der Waals surface area contributed by atoms with Gasteiger partial charge in [-0.25, -0.2) is 0 Å². The van der Waals surface area contributed by atoms with Crippen LogP contribution in [0, 0.1) is 17.8 Å². The topological polar surface area (TPSA) is 89.8 Å². The number of hydrogen-bond acceptors (Lipinski definition) is 4. The number of rotatable bonds is 5. The van der Waals surface area contributed by atoms with Crippen LogP contribution >= 0.6 is 0 Å². The number of aliphatic hydroxyl groups excluding tert-OH is 1. The van der Waals surface area contributed by atoms with E-state index in [-0.39, 0.29) is 24.1 Å². The molecule has 0 heterocycles. The van der Waals surface area contributed by atoms with Gasteiger partial charge in [-0.1, -0.05) is 39.3 Å². The molecule has 0 aliphatic heterocycles. The second-order valence-corrected chi connectivity index (χ2v) is 7.48. The second kappa shape index (κ2) is 7.53. The van der Waals surface area contributed by atoms with Crippen LogP contribution in [0.4, 0.5) is 0 Å². The van der Waals surface area contributed by atoms with E-state index in [1.54, 1.807) is 12.1 Å². The number of amides is 1.